The van der Waals surface area contributed by atoms with E-state index in [1.165, 1.54) is 12.8 Å². The summed E-state index contributed by atoms with van der Waals surface area (Å²) in [5.41, 5.74) is 0.666. The smallest absolute Gasteiger partial charge is 0.272 e. The van der Waals surface area contributed by atoms with Crippen LogP contribution in [0.5, 0.6) is 5.88 Å². The molecule has 5 nitrogen and oxygen atoms in total. The fourth-order valence-corrected chi connectivity index (χ4v) is 2.43. The molecule has 2 aliphatic rings. The monoisotopic (exact) mass is 247 g/mol. The van der Waals surface area contributed by atoms with Gasteiger partial charge >= 0.3 is 0 Å². The average Bonchev–Trinajstić information content (AvgIpc) is 3.17. The lowest BCUT2D eigenvalue weighted by atomic mass is 10.1. The highest BCUT2D eigenvalue weighted by Crippen LogP contribution is 2.37. The summed E-state index contributed by atoms with van der Waals surface area (Å²) in [6, 6.07) is 5.29. The van der Waals surface area contributed by atoms with E-state index in [0.29, 0.717) is 11.6 Å². The number of nitrogens with one attached hydrogen (secondary N) is 1. The van der Waals surface area contributed by atoms with Crippen molar-refractivity contribution in [1.29, 1.82) is 0 Å². The van der Waals surface area contributed by atoms with Crippen molar-refractivity contribution in [1.82, 2.24) is 15.2 Å². The summed E-state index contributed by atoms with van der Waals surface area (Å²) in [5.74, 6) is 0.485. The van der Waals surface area contributed by atoms with Crippen molar-refractivity contribution < 1.29 is 9.53 Å². The summed E-state index contributed by atoms with van der Waals surface area (Å²) in [5, 5.41) is 3.49. The molecule has 1 amide bonds. The number of rotatable bonds is 2. The normalized spacial score (nSPS) is 20.8. The maximum atomic E-state index is 12.4. The van der Waals surface area contributed by atoms with Gasteiger partial charge in [-0.1, -0.05) is 6.07 Å². The lowest BCUT2D eigenvalue weighted by molar-refractivity contribution is 0.0684. The maximum Gasteiger partial charge on any atom is 0.272 e. The summed E-state index contributed by atoms with van der Waals surface area (Å²) < 4.78 is 5.05. The summed E-state index contributed by atoms with van der Waals surface area (Å²) in [6.07, 6.45) is 2.34. The van der Waals surface area contributed by atoms with E-state index in [2.05, 4.69) is 10.3 Å². The molecule has 0 aromatic carbocycles. The number of piperazine rings is 1. The zero-order valence-electron chi connectivity index (χ0n) is 10.5. The SMILES string of the molecule is COc1cccc(C(=O)N2CCNC3(CC3)C2)n1. The van der Waals surface area contributed by atoms with Crippen molar-refractivity contribution in [2.75, 3.05) is 26.7 Å². The Bertz CT molecular complexity index is 471. The number of hydrogen-bond donors (Lipinski definition) is 1. The zero-order valence-corrected chi connectivity index (χ0v) is 10.5. The summed E-state index contributed by atoms with van der Waals surface area (Å²) in [7, 11) is 1.56. The number of carbonyl (C=O) groups is 1. The van der Waals surface area contributed by atoms with Crippen LogP contribution in [0.25, 0.3) is 0 Å². The third-order valence-electron chi connectivity index (χ3n) is 3.67. The van der Waals surface area contributed by atoms with Crippen molar-refractivity contribution in [2.45, 2.75) is 18.4 Å². The van der Waals surface area contributed by atoms with Crippen molar-refractivity contribution in [3.8, 4) is 5.88 Å². The fourth-order valence-electron chi connectivity index (χ4n) is 2.43. The van der Waals surface area contributed by atoms with Crippen LogP contribution in [0.1, 0.15) is 23.3 Å². The summed E-state index contributed by atoms with van der Waals surface area (Å²) >= 11 is 0. The molecular weight excluding hydrogens is 230 g/mol. The second-order valence-electron chi connectivity index (χ2n) is 5.00. The molecule has 0 atom stereocenters. The topological polar surface area (TPSA) is 54.5 Å². The number of ether oxygens (including phenoxy) is 1. The van der Waals surface area contributed by atoms with Crippen LogP contribution in [0.3, 0.4) is 0 Å². The number of nitrogens with zero attached hydrogens (tertiary/aromatic N) is 2. The molecule has 0 radical (unpaired) electrons. The van der Waals surface area contributed by atoms with Gasteiger partial charge in [0.25, 0.3) is 5.91 Å². The molecule has 1 spiro atoms. The van der Waals surface area contributed by atoms with E-state index in [0.717, 1.165) is 19.6 Å². The van der Waals surface area contributed by atoms with Gasteiger partial charge in [0.05, 0.1) is 7.11 Å². The molecule has 0 unspecified atom stereocenters. The molecule has 3 rings (SSSR count). The minimum absolute atomic E-state index is 0.00155. The minimum Gasteiger partial charge on any atom is -0.481 e. The van der Waals surface area contributed by atoms with E-state index in [4.69, 9.17) is 4.74 Å². The van der Waals surface area contributed by atoms with Crippen LogP contribution in [0.2, 0.25) is 0 Å². The molecule has 1 N–H and O–H groups in total. The first kappa shape index (κ1) is 11.5. The standard InChI is InChI=1S/C13H17N3O2/c1-18-11-4-2-3-10(15-11)12(17)16-8-7-14-13(9-16)5-6-13/h2-4,14H,5-9H2,1H3. The highest BCUT2D eigenvalue weighted by molar-refractivity contribution is 5.92. The number of amides is 1. The van der Waals surface area contributed by atoms with Crippen LogP contribution in [0.4, 0.5) is 0 Å². The molecule has 1 saturated heterocycles. The molecule has 18 heavy (non-hydrogen) atoms. The lowest BCUT2D eigenvalue weighted by Gasteiger charge is -2.33. The Balaban J connectivity index is 1.76. The Morgan fingerprint density at radius 2 is 2.33 bits per heavy atom. The second-order valence-corrected chi connectivity index (χ2v) is 5.00. The number of aromatic nitrogens is 1. The Morgan fingerprint density at radius 3 is 3.06 bits per heavy atom. The molecule has 1 aliphatic carbocycles. The molecule has 2 fully saturated rings. The highest BCUT2D eigenvalue weighted by atomic mass is 16.5. The Kier molecular flexibility index (Phi) is 2.70. The first-order valence-electron chi connectivity index (χ1n) is 6.28. The third-order valence-corrected chi connectivity index (χ3v) is 3.67. The molecule has 5 heteroatoms. The van der Waals surface area contributed by atoms with Gasteiger partial charge in [-0.3, -0.25) is 4.79 Å². The van der Waals surface area contributed by atoms with Gasteiger partial charge in [-0.25, -0.2) is 4.98 Å². The van der Waals surface area contributed by atoms with E-state index < -0.39 is 0 Å². The van der Waals surface area contributed by atoms with Crippen molar-refractivity contribution in [2.24, 2.45) is 0 Å². The summed E-state index contributed by atoms with van der Waals surface area (Å²) in [4.78, 5) is 18.5. The minimum atomic E-state index is 0.00155. The van der Waals surface area contributed by atoms with E-state index in [1.807, 2.05) is 4.90 Å². The van der Waals surface area contributed by atoms with Gasteiger partial charge in [-0.15, -0.1) is 0 Å². The third kappa shape index (κ3) is 2.06. The Hall–Kier alpha value is -1.62. The zero-order chi connectivity index (χ0) is 12.6. The fraction of sp³-hybridized carbons (Fsp3) is 0.538. The maximum absolute atomic E-state index is 12.4. The summed E-state index contributed by atoms with van der Waals surface area (Å²) in [6.45, 7) is 2.42. The number of hydrogen-bond acceptors (Lipinski definition) is 4. The first-order chi connectivity index (χ1) is 8.72. The molecule has 1 aliphatic heterocycles. The van der Waals surface area contributed by atoms with Gasteiger partial charge < -0.3 is 15.0 Å². The van der Waals surface area contributed by atoms with Crippen molar-refractivity contribution >= 4 is 5.91 Å². The average molecular weight is 247 g/mol. The predicted molar refractivity (Wildman–Crippen MR) is 66.7 cm³/mol. The lowest BCUT2D eigenvalue weighted by Crippen LogP contribution is -2.54. The number of carbonyl (C=O) groups excluding carboxylic acids is 1. The van der Waals surface area contributed by atoms with Gasteiger partial charge in [0.2, 0.25) is 5.88 Å². The Morgan fingerprint density at radius 1 is 1.50 bits per heavy atom. The van der Waals surface area contributed by atoms with E-state index in [-0.39, 0.29) is 11.4 Å². The van der Waals surface area contributed by atoms with Crippen molar-refractivity contribution in [3.05, 3.63) is 23.9 Å². The van der Waals surface area contributed by atoms with Gasteiger partial charge in [0.1, 0.15) is 5.69 Å². The molecule has 2 heterocycles. The highest BCUT2D eigenvalue weighted by Gasteiger charge is 2.46. The van der Waals surface area contributed by atoms with Crippen LogP contribution in [-0.2, 0) is 0 Å². The van der Waals surface area contributed by atoms with Gasteiger partial charge in [0, 0.05) is 31.2 Å². The first-order valence-corrected chi connectivity index (χ1v) is 6.28. The number of pyridine rings is 1. The molecule has 1 aromatic rings. The van der Waals surface area contributed by atoms with Crippen LogP contribution in [0.15, 0.2) is 18.2 Å². The van der Waals surface area contributed by atoms with Crippen LogP contribution < -0.4 is 10.1 Å². The molecule has 1 aromatic heterocycles. The number of methoxy groups -OCH3 is 1. The van der Waals surface area contributed by atoms with Gasteiger partial charge in [0.15, 0.2) is 0 Å². The van der Waals surface area contributed by atoms with E-state index >= 15 is 0 Å². The quantitative estimate of drug-likeness (QED) is 0.834. The van der Waals surface area contributed by atoms with Crippen LogP contribution in [-0.4, -0.2) is 48.1 Å². The van der Waals surface area contributed by atoms with Crippen LogP contribution >= 0.6 is 0 Å². The molecule has 1 saturated carbocycles. The van der Waals surface area contributed by atoms with E-state index in [9.17, 15) is 4.79 Å². The van der Waals surface area contributed by atoms with Gasteiger partial charge in [-0.2, -0.15) is 0 Å². The Labute approximate surface area is 106 Å². The second kappa shape index (κ2) is 4.24. The van der Waals surface area contributed by atoms with Gasteiger partial charge in [-0.05, 0) is 18.9 Å². The van der Waals surface area contributed by atoms with Crippen molar-refractivity contribution in [3.63, 3.8) is 0 Å². The molecule has 96 valence electrons. The molecule has 0 bridgehead atoms. The van der Waals surface area contributed by atoms with E-state index in [1.54, 1.807) is 25.3 Å². The van der Waals surface area contributed by atoms with Crippen LogP contribution in [0, 0.1) is 0 Å². The molecular formula is C13H17N3O2. The predicted octanol–water partition coefficient (Wildman–Crippen LogP) is 0.668. The largest absolute Gasteiger partial charge is 0.481 e.